The Morgan fingerprint density at radius 2 is 1.93 bits per heavy atom. The molecule has 0 heterocycles. The molecule has 0 unspecified atom stereocenters. The first-order chi connectivity index (χ1) is 6.70. The summed E-state index contributed by atoms with van der Waals surface area (Å²) < 4.78 is 4.91. The lowest BCUT2D eigenvalue weighted by atomic mass is 10.2. The van der Waals surface area contributed by atoms with Crippen molar-refractivity contribution in [3.63, 3.8) is 0 Å². The van der Waals surface area contributed by atoms with Crippen molar-refractivity contribution in [1.82, 2.24) is 5.32 Å². The summed E-state index contributed by atoms with van der Waals surface area (Å²) in [7, 11) is 0. The van der Waals surface area contributed by atoms with Crippen LogP contribution in [0.2, 0.25) is 0 Å². The van der Waals surface area contributed by atoms with E-state index >= 15 is 0 Å². The zero-order valence-corrected chi connectivity index (χ0v) is 9.29. The number of Topliss-reactive ketones (excluding diaryl/α,β-unsaturated/α-hetero) is 1. The number of hydrogen-bond donors (Lipinski definition) is 2. The van der Waals surface area contributed by atoms with Crippen LogP contribution >= 0.6 is 0 Å². The predicted octanol–water partition coefficient (Wildman–Crippen LogP) is 1.54. The molecule has 0 aliphatic carbocycles. The molecule has 0 atom stereocenters. The average molecular weight is 215 g/mol. The SMILES string of the molecule is C=C(O)CC(=O)CNC(=O)OC(C)(C)C. The van der Waals surface area contributed by atoms with Crippen molar-refractivity contribution in [1.29, 1.82) is 0 Å². The number of carbonyl (C=O) groups is 2. The van der Waals surface area contributed by atoms with E-state index in [2.05, 4.69) is 11.9 Å². The lowest BCUT2D eigenvalue weighted by Gasteiger charge is -2.19. The third-order valence-electron chi connectivity index (χ3n) is 1.23. The van der Waals surface area contributed by atoms with Crippen LogP contribution in [-0.2, 0) is 9.53 Å². The molecular formula is C10H17NO4. The van der Waals surface area contributed by atoms with Crippen LogP contribution in [-0.4, -0.2) is 29.1 Å². The van der Waals surface area contributed by atoms with Gasteiger partial charge in [-0.25, -0.2) is 4.79 Å². The zero-order chi connectivity index (χ0) is 12.1. The molecule has 15 heavy (non-hydrogen) atoms. The normalized spacial score (nSPS) is 10.6. The Morgan fingerprint density at radius 3 is 2.33 bits per heavy atom. The second-order valence-electron chi connectivity index (χ2n) is 4.14. The number of rotatable bonds is 4. The molecule has 0 fully saturated rings. The molecule has 0 saturated heterocycles. The molecule has 5 heteroatoms. The molecule has 1 amide bonds. The molecular weight excluding hydrogens is 198 g/mol. The lowest BCUT2D eigenvalue weighted by molar-refractivity contribution is -0.118. The topological polar surface area (TPSA) is 75.6 Å². The van der Waals surface area contributed by atoms with Gasteiger partial charge in [0.25, 0.3) is 0 Å². The van der Waals surface area contributed by atoms with Gasteiger partial charge in [0.2, 0.25) is 0 Å². The molecule has 0 rings (SSSR count). The van der Waals surface area contributed by atoms with Gasteiger partial charge in [0.05, 0.1) is 18.7 Å². The molecule has 0 aliphatic rings. The van der Waals surface area contributed by atoms with E-state index in [1.165, 1.54) is 0 Å². The van der Waals surface area contributed by atoms with Gasteiger partial charge in [0, 0.05) is 0 Å². The standard InChI is InChI=1S/C10H17NO4/c1-7(12)5-8(13)6-11-9(14)15-10(2,3)4/h12H,1,5-6H2,2-4H3,(H,11,14). The van der Waals surface area contributed by atoms with Crippen LogP contribution < -0.4 is 5.32 Å². The number of carbonyl (C=O) groups excluding carboxylic acids is 2. The van der Waals surface area contributed by atoms with Crippen LogP contribution in [0.25, 0.3) is 0 Å². The van der Waals surface area contributed by atoms with Gasteiger partial charge in [-0.05, 0) is 20.8 Å². The maximum absolute atomic E-state index is 11.1. The van der Waals surface area contributed by atoms with Gasteiger partial charge in [-0.15, -0.1) is 0 Å². The molecule has 0 aromatic rings. The highest BCUT2D eigenvalue weighted by Crippen LogP contribution is 2.06. The first kappa shape index (κ1) is 13.5. The number of nitrogens with one attached hydrogen (secondary N) is 1. The number of ether oxygens (including phenoxy) is 1. The molecule has 0 spiro atoms. The van der Waals surface area contributed by atoms with Crippen LogP contribution in [0.4, 0.5) is 4.79 Å². The van der Waals surface area contributed by atoms with E-state index in [9.17, 15) is 9.59 Å². The Hall–Kier alpha value is -1.52. The van der Waals surface area contributed by atoms with E-state index in [1.807, 2.05) is 0 Å². The number of hydrogen-bond acceptors (Lipinski definition) is 4. The fourth-order valence-corrected chi connectivity index (χ4v) is 0.775. The minimum Gasteiger partial charge on any atom is -0.512 e. The molecule has 0 aromatic heterocycles. The molecule has 0 aliphatic heterocycles. The largest absolute Gasteiger partial charge is 0.512 e. The number of alkyl carbamates (subject to hydrolysis) is 1. The predicted molar refractivity (Wildman–Crippen MR) is 55.6 cm³/mol. The molecule has 5 nitrogen and oxygen atoms in total. The van der Waals surface area contributed by atoms with E-state index in [4.69, 9.17) is 9.84 Å². The Balaban J connectivity index is 3.82. The zero-order valence-electron chi connectivity index (χ0n) is 9.29. The van der Waals surface area contributed by atoms with Crippen LogP contribution in [0.1, 0.15) is 27.2 Å². The van der Waals surface area contributed by atoms with Crippen LogP contribution in [0.3, 0.4) is 0 Å². The van der Waals surface area contributed by atoms with Gasteiger partial charge >= 0.3 is 6.09 Å². The quantitative estimate of drug-likeness (QED) is 0.697. The molecule has 0 bridgehead atoms. The molecule has 0 saturated carbocycles. The minimum atomic E-state index is -0.653. The second kappa shape index (κ2) is 5.38. The van der Waals surface area contributed by atoms with Gasteiger partial charge < -0.3 is 15.2 Å². The van der Waals surface area contributed by atoms with Gasteiger partial charge in [-0.1, -0.05) is 6.58 Å². The maximum atomic E-state index is 11.1. The molecule has 0 aromatic carbocycles. The van der Waals surface area contributed by atoms with Gasteiger partial charge in [-0.2, -0.15) is 0 Å². The summed E-state index contributed by atoms with van der Waals surface area (Å²) in [4.78, 5) is 22.1. The molecule has 2 N–H and O–H groups in total. The van der Waals surface area contributed by atoms with Gasteiger partial charge in [0.15, 0.2) is 5.78 Å². The first-order valence-electron chi connectivity index (χ1n) is 4.56. The average Bonchev–Trinajstić information content (AvgIpc) is 1.96. The number of aliphatic hydroxyl groups excluding tert-OH is 1. The smallest absolute Gasteiger partial charge is 0.408 e. The Morgan fingerprint density at radius 1 is 1.40 bits per heavy atom. The summed E-state index contributed by atoms with van der Waals surface area (Å²) in [6, 6.07) is 0. The van der Waals surface area contributed by atoms with Crippen LogP contribution in [0.5, 0.6) is 0 Å². The third-order valence-corrected chi connectivity index (χ3v) is 1.23. The summed E-state index contributed by atoms with van der Waals surface area (Å²) in [5, 5.41) is 11.0. The van der Waals surface area contributed by atoms with Crippen molar-refractivity contribution < 1.29 is 19.4 Å². The highest BCUT2D eigenvalue weighted by atomic mass is 16.6. The number of ketones is 1. The second-order valence-corrected chi connectivity index (χ2v) is 4.14. The lowest BCUT2D eigenvalue weighted by Crippen LogP contribution is -2.35. The van der Waals surface area contributed by atoms with E-state index in [0.29, 0.717) is 0 Å². The number of amides is 1. The van der Waals surface area contributed by atoms with Crippen LogP contribution in [0, 0.1) is 0 Å². The monoisotopic (exact) mass is 215 g/mol. The maximum Gasteiger partial charge on any atom is 0.408 e. The minimum absolute atomic E-state index is 0.157. The summed E-state index contributed by atoms with van der Waals surface area (Å²) in [6.45, 7) is 8.18. The molecule has 0 radical (unpaired) electrons. The summed E-state index contributed by atoms with van der Waals surface area (Å²) in [6.07, 6.45) is -0.810. The van der Waals surface area contributed by atoms with Crippen molar-refractivity contribution in [2.45, 2.75) is 32.8 Å². The fraction of sp³-hybridized carbons (Fsp3) is 0.600. The van der Waals surface area contributed by atoms with E-state index in [-0.39, 0.29) is 24.5 Å². The molecule has 86 valence electrons. The van der Waals surface area contributed by atoms with E-state index in [1.54, 1.807) is 20.8 Å². The summed E-state index contributed by atoms with van der Waals surface area (Å²) >= 11 is 0. The van der Waals surface area contributed by atoms with Crippen molar-refractivity contribution >= 4 is 11.9 Å². The highest BCUT2D eigenvalue weighted by Gasteiger charge is 2.16. The number of allylic oxidation sites excluding steroid dienone is 1. The Bertz CT molecular complexity index is 265. The van der Waals surface area contributed by atoms with Gasteiger partial charge in [-0.3, -0.25) is 4.79 Å². The summed E-state index contributed by atoms with van der Waals surface area (Å²) in [5.41, 5.74) is -0.590. The van der Waals surface area contributed by atoms with Crippen molar-refractivity contribution in [3.05, 3.63) is 12.3 Å². The Labute approximate surface area is 89.1 Å². The third kappa shape index (κ3) is 8.80. The Kier molecular flexibility index (Phi) is 4.84. The van der Waals surface area contributed by atoms with Crippen LogP contribution in [0.15, 0.2) is 12.3 Å². The van der Waals surface area contributed by atoms with E-state index in [0.717, 1.165) is 0 Å². The number of aliphatic hydroxyl groups is 1. The van der Waals surface area contributed by atoms with E-state index < -0.39 is 11.7 Å². The van der Waals surface area contributed by atoms with Gasteiger partial charge in [0.1, 0.15) is 5.60 Å². The van der Waals surface area contributed by atoms with Crippen molar-refractivity contribution in [2.24, 2.45) is 0 Å². The first-order valence-corrected chi connectivity index (χ1v) is 4.56. The summed E-state index contributed by atoms with van der Waals surface area (Å²) in [5.74, 6) is -0.542. The van der Waals surface area contributed by atoms with Crippen molar-refractivity contribution in [3.8, 4) is 0 Å². The highest BCUT2D eigenvalue weighted by molar-refractivity contribution is 5.85. The fourth-order valence-electron chi connectivity index (χ4n) is 0.775. The van der Waals surface area contributed by atoms with Crippen molar-refractivity contribution in [2.75, 3.05) is 6.54 Å².